The van der Waals surface area contributed by atoms with Crippen LogP contribution in [-0.4, -0.2) is 10.1 Å². The van der Waals surface area contributed by atoms with E-state index in [-0.39, 0.29) is 0 Å². The Labute approximate surface area is 165 Å². The van der Waals surface area contributed by atoms with Crippen LogP contribution in [-0.2, 0) is 26.8 Å². The first kappa shape index (κ1) is 24.7. The summed E-state index contributed by atoms with van der Waals surface area (Å²) >= 11 is -1.72. The number of hydrogen-bond acceptors (Lipinski definition) is 0. The average molecular weight is 594 g/mol. The summed E-state index contributed by atoms with van der Waals surface area (Å²) in [5, 5.41) is 0. The van der Waals surface area contributed by atoms with E-state index in [0.717, 1.165) is 0 Å². The van der Waals surface area contributed by atoms with E-state index in [1.165, 1.54) is 11.1 Å². The molecule has 0 bridgehead atoms. The van der Waals surface area contributed by atoms with Crippen molar-refractivity contribution in [3.8, 4) is 0 Å². The summed E-state index contributed by atoms with van der Waals surface area (Å²) in [5.41, 5.74) is 3.48. The molecule has 2 aromatic carbocycles. The molecule has 0 aromatic heterocycles. The molecular formula is C20H32Cl2GeHf-2. The fraction of sp³-hybridized carbons (Fsp3) is 0.500. The van der Waals surface area contributed by atoms with Gasteiger partial charge in [-0.3, -0.25) is 0 Å². The zero-order chi connectivity index (χ0) is 19.0. The van der Waals surface area contributed by atoms with E-state index in [1.54, 1.807) is 0 Å². The van der Waals surface area contributed by atoms with Crippen molar-refractivity contribution < 1.29 is 16.0 Å². The van der Waals surface area contributed by atoms with E-state index < -0.39 is 26.0 Å². The second-order valence-corrected chi connectivity index (χ2v) is 60.1. The van der Waals surface area contributed by atoms with Crippen LogP contribution < -0.4 is 0 Å². The summed E-state index contributed by atoms with van der Waals surface area (Å²) in [4.78, 5) is 0. The van der Waals surface area contributed by atoms with E-state index in [4.69, 9.17) is 17.2 Å². The van der Waals surface area contributed by atoms with Crippen LogP contribution in [0.25, 0.3) is 0 Å². The van der Waals surface area contributed by atoms with Crippen molar-refractivity contribution in [2.45, 2.75) is 63.9 Å². The van der Waals surface area contributed by atoms with Gasteiger partial charge >= 0.3 is 54.7 Å². The van der Waals surface area contributed by atoms with E-state index in [1.807, 2.05) is 0 Å². The van der Waals surface area contributed by atoms with Gasteiger partial charge in [-0.1, -0.05) is 52.4 Å². The summed E-state index contributed by atoms with van der Waals surface area (Å²) in [6, 6.07) is 17.0. The molecule has 0 spiro atoms. The Morgan fingerprint density at radius 3 is 1.17 bits per heavy atom. The summed E-state index contributed by atoms with van der Waals surface area (Å²) in [6.45, 7) is 13.3. The van der Waals surface area contributed by atoms with Crippen LogP contribution in [0.3, 0.4) is 0 Å². The molecule has 24 heavy (non-hydrogen) atoms. The summed E-state index contributed by atoms with van der Waals surface area (Å²) in [5.74, 6) is 4.48. The SMILES string of the molecule is CC(C)(C)c1cc[cH-]c1.CC(C)(C)c1cc[cH-]c1.[CH3][Ge]([CH3])=[Hf]([Cl])[Cl]. The molecule has 0 aliphatic carbocycles. The van der Waals surface area contributed by atoms with E-state index in [2.05, 4.69) is 102 Å². The Hall–Kier alpha value is 0.693. The monoisotopic (exact) mass is 596 g/mol. The molecule has 0 saturated heterocycles. The predicted octanol–water partition coefficient (Wildman–Crippen LogP) is 7.57. The average Bonchev–Trinajstić information content (AvgIpc) is 3.12. The number of rotatable bonds is 0. The minimum atomic E-state index is -1.72. The molecule has 2 rings (SSSR count). The van der Waals surface area contributed by atoms with Crippen LogP contribution in [0.2, 0.25) is 11.5 Å². The van der Waals surface area contributed by atoms with E-state index in [0.29, 0.717) is 10.8 Å². The van der Waals surface area contributed by atoms with Crippen molar-refractivity contribution in [1.29, 1.82) is 0 Å². The molecule has 0 fully saturated rings. The standard InChI is InChI=1S/2C9H13.C2H6Ge.2ClH.Hf/c2*1-9(2,3)8-6-4-5-7-8;1-3-2;;;/h2*4-7H,1-3H3;1-2H3;2*1H;/q2*-1;;;;+2/p-2. The molecule has 136 valence electrons. The van der Waals surface area contributed by atoms with Gasteiger partial charge in [-0.2, -0.15) is 47.5 Å². The normalized spacial score (nSPS) is 10.9. The third kappa shape index (κ3) is 11.3. The van der Waals surface area contributed by atoms with Crippen LogP contribution in [0.1, 0.15) is 52.7 Å². The zero-order valence-electron chi connectivity index (χ0n) is 16.4. The molecule has 0 aliphatic heterocycles. The fourth-order valence-electron chi connectivity index (χ4n) is 1.75. The van der Waals surface area contributed by atoms with Gasteiger partial charge in [0.25, 0.3) is 0 Å². The summed E-state index contributed by atoms with van der Waals surface area (Å²) < 4.78 is 0. The predicted molar refractivity (Wildman–Crippen MR) is 111 cm³/mol. The van der Waals surface area contributed by atoms with E-state index >= 15 is 0 Å². The quantitative estimate of drug-likeness (QED) is 0.218. The van der Waals surface area contributed by atoms with Gasteiger partial charge in [0.2, 0.25) is 0 Å². The molecule has 0 nitrogen and oxygen atoms in total. The van der Waals surface area contributed by atoms with Gasteiger partial charge in [0, 0.05) is 0 Å². The zero-order valence-corrected chi connectivity index (χ0v) is 23.6. The maximum atomic E-state index is 5.67. The van der Waals surface area contributed by atoms with Crippen LogP contribution >= 0.6 is 17.2 Å². The first-order valence-corrected chi connectivity index (χ1v) is 31.8. The molecule has 4 heteroatoms. The molecular weight excluding hydrogens is 562 g/mol. The number of halogens is 2. The van der Waals surface area contributed by atoms with Crippen molar-refractivity contribution in [3.63, 3.8) is 0 Å². The third-order valence-corrected chi connectivity index (χ3v) is 51.3. The van der Waals surface area contributed by atoms with Gasteiger partial charge < -0.3 is 0 Å². The Kier molecular flexibility index (Phi) is 11.7. The van der Waals surface area contributed by atoms with Crippen molar-refractivity contribution >= 4 is 27.2 Å². The molecule has 0 radical (unpaired) electrons. The van der Waals surface area contributed by atoms with Crippen LogP contribution in [0.4, 0.5) is 0 Å². The molecule has 0 aliphatic rings. The molecule has 2 aromatic rings. The van der Waals surface area contributed by atoms with Gasteiger partial charge in [-0.15, -0.1) is 0 Å². The first-order chi connectivity index (χ1) is 10.9. The second-order valence-electron chi connectivity index (χ2n) is 8.11. The van der Waals surface area contributed by atoms with Gasteiger partial charge in [0.1, 0.15) is 0 Å². The maximum absolute atomic E-state index is 5.67. The second kappa shape index (κ2) is 11.4. The Morgan fingerprint density at radius 2 is 1.08 bits per heavy atom. The van der Waals surface area contributed by atoms with Crippen molar-refractivity contribution in [2.75, 3.05) is 0 Å². The van der Waals surface area contributed by atoms with Gasteiger partial charge in [-0.05, 0) is 0 Å². The third-order valence-electron chi connectivity index (χ3n) is 3.44. The topological polar surface area (TPSA) is 0 Å². The summed E-state index contributed by atoms with van der Waals surface area (Å²) in [6.07, 6.45) is 0. The Bertz CT molecular complexity index is 520. The van der Waals surface area contributed by atoms with E-state index in [9.17, 15) is 0 Å². The first-order valence-electron chi connectivity index (χ1n) is 8.28. The van der Waals surface area contributed by atoms with Crippen LogP contribution in [0.5, 0.6) is 0 Å². The van der Waals surface area contributed by atoms with Gasteiger partial charge in [-0.25, -0.2) is 12.1 Å². The Balaban J connectivity index is 0.000000340. The van der Waals surface area contributed by atoms with Crippen molar-refractivity contribution in [1.82, 2.24) is 0 Å². The molecule has 0 N–H and O–H groups in total. The van der Waals surface area contributed by atoms with Gasteiger partial charge in [0.05, 0.1) is 0 Å². The summed E-state index contributed by atoms with van der Waals surface area (Å²) in [7, 11) is 10.6. The minimum absolute atomic E-state index is 0.323. The number of hydrogen-bond donors (Lipinski definition) is 0. The Morgan fingerprint density at radius 1 is 0.792 bits per heavy atom. The molecule has 0 atom stereocenters. The molecule has 0 unspecified atom stereocenters. The van der Waals surface area contributed by atoms with Crippen LogP contribution in [0.15, 0.2) is 48.5 Å². The van der Waals surface area contributed by atoms with Crippen molar-refractivity contribution in [3.05, 3.63) is 59.7 Å². The van der Waals surface area contributed by atoms with Gasteiger partial charge in [0.15, 0.2) is 0 Å². The fourth-order valence-corrected chi connectivity index (χ4v) is 1.75. The van der Waals surface area contributed by atoms with Crippen molar-refractivity contribution in [2.24, 2.45) is 0 Å². The van der Waals surface area contributed by atoms with Crippen LogP contribution in [0, 0.1) is 0 Å². The molecule has 0 amide bonds. The molecule has 0 heterocycles. The molecule has 0 saturated carbocycles.